The van der Waals surface area contributed by atoms with Crippen LogP contribution in [0.15, 0.2) is 50.0 Å². The summed E-state index contributed by atoms with van der Waals surface area (Å²) in [5.41, 5.74) is -0.206. The van der Waals surface area contributed by atoms with Crippen molar-refractivity contribution in [1.29, 1.82) is 0 Å². The average Bonchev–Trinajstić information content (AvgIpc) is 2.19. The van der Waals surface area contributed by atoms with Gasteiger partial charge in [0.25, 0.3) is 5.56 Å². The molecule has 0 amide bonds. The molecular weight excluding hydrogens is 216 g/mol. The summed E-state index contributed by atoms with van der Waals surface area (Å²) in [6.45, 7) is 0. The second-order valence-corrected chi connectivity index (χ2v) is 4.57. The van der Waals surface area contributed by atoms with Gasteiger partial charge in [-0.1, -0.05) is 6.07 Å². The summed E-state index contributed by atoms with van der Waals surface area (Å²) in [5.74, 6) is 0. The lowest BCUT2D eigenvalue weighted by Gasteiger charge is -1.96. The lowest BCUT2D eigenvalue weighted by atomic mass is 10.5. The van der Waals surface area contributed by atoms with Gasteiger partial charge in [-0.15, -0.1) is 11.3 Å². The lowest BCUT2D eigenvalue weighted by molar-refractivity contribution is 1.11. The van der Waals surface area contributed by atoms with Gasteiger partial charge in [-0.2, -0.15) is 4.98 Å². The highest BCUT2D eigenvalue weighted by atomic mass is 32.2. The first-order chi connectivity index (χ1) is 6.84. The van der Waals surface area contributed by atoms with Gasteiger partial charge in [0.05, 0.1) is 0 Å². The molecule has 0 N–H and O–H groups in total. The molecular formula is C9H6N2OS2. The Morgan fingerprint density at radius 1 is 1.29 bits per heavy atom. The van der Waals surface area contributed by atoms with Crippen LogP contribution in [0.5, 0.6) is 0 Å². The zero-order valence-electron chi connectivity index (χ0n) is 7.08. The molecule has 3 nitrogen and oxygen atoms in total. The summed E-state index contributed by atoms with van der Waals surface area (Å²) >= 11 is 2.83. The third-order valence-electron chi connectivity index (χ3n) is 1.41. The van der Waals surface area contributed by atoms with Gasteiger partial charge in [-0.25, -0.2) is 4.98 Å². The molecule has 5 heteroatoms. The van der Waals surface area contributed by atoms with Crippen LogP contribution in [-0.2, 0) is 0 Å². The molecule has 0 atom stereocenters. The molecule has 2 rings (SSSR count). The minimum atomic E-state index is -0.206. The predicted molar refractivity (Wildman–Crippen MR) is 56.7 cm³/mol. The predicted octanol–water partition coefficient (Wildman–Crippen LogP) is 2.05. The highest BCUT2D eigenvalue weighted by Gasteiger charge is 1.99. The fourth-order valence-corrected chi connectivity index (χ4v) is 2.48. The molecule has 0 radical (unpaired) electrons. The Balaban J connectivity index is 2.24. The number of hydrogen-bond donors (Lipinski definition) is 0. The minimum absolute atomic E-state index is 0.206. The maximum absolute atomic E-state index is 10.9. The standard InChI is InChI=1S/C9H6N2OS2/c12-7-4-6-13-9(11-7)14-8-3-1-2-5-10-8/h1-6H. The van der Waals surface area contributed by atoms with E-state index in [1.807, 2.05) is 18.2 Å². The van der Waals surface area contributed by atoms with Gasteiger partial charge < -0.3 is 0 Å². The van der Waals surface area contributed by atoms with Crippen LogP contribution in [0.3, 0.4) is 0 Å². The molecule has 0 saturated heterocycles. The third-order valence-corrected chi connectivity index (χ3v) is 3.23. The van der Waals surface area contributed by atoms with E-state index in [0.717, 1.165) is 9.37 Å². The van der Waals surface area contributed by atoms with E-state index in [2.05, 4.69) is 9.97 Å². The summed E-state index contributed by atoms with van der Waals surface area (Å²) in [4.78, 5) is 18.9. The molecule has 0 fully saturated rings. The molecule has 0 aromatic carbocycles. The van der Waals surface area contributed by atoms with Crippen LogP contribution >= 0.6 is 23.1 Å². The Morgan fingerprint density at radius 3 is 2.93 bits per heavy atom. The first-order valence-electron chi connectivity index (χ1n) is 3.89. The van der Waals surface area contributed by atoms with Crippen LogP contribution < -0.4 is 5.56 Å². The van der Waals surface area contributed by atoms with Crippen LogP contribution in [0.4, 0.5) is 0 Å². The van der Waals surface area contributed by atoms with E-state index < -0.39 is 0 Å². The third kappa shape index (κ3) is 2.40. The number of rotatable bonds is 2. The molecule has 0 saturated carbocycles. The molecule has 2 aromatic rings. The van der Waals surface area contributed by atoms with Gasteiger partial charge in [-0.05, 0) is 29.3 Å². The van der Waals surface area contributed by atoms with E-state index in [9.17, 15) is 4.79 Å². The molecule has 2 heterocycles. The van der Waals surface area contributed by atoms with Crippen molar-refractivity contribution in [2.24, 2.45) is 0 Å². The van der Waals surface area contributed by atoms with Crippen molar-refractivity contribution in [1.82, 2.24) is 9.97 Å². The molecule has 0 spiro atoms. The fourth-order valence-electron chi connectivity index (χ4n) is 0.848. The number of hydrogen-bond acceptors (Lipinski definition) is 5. The first-order valence-corrected chi connectivity index (χ1v) is 5.59. The van der Waals surface area contributed by atoms with Crippen LogP contribution in [0.25, 0.3) is 0 Å². The Labute approximate surface area is 88.9 Å². The summed E-state index contributed by atoms with van der Waals surface area (Å²) in [6.07, 6.45) is 1.72. The van der Waals surface area contributed by atoms with Crippen molar-refractivity contribution in [3.63, 3.8) is 0 Å². The summed E-state index contributed by atoms with van der Waals surface area (Å²) < 4.78 is 0.719. The monoisotopic (exact) mass is 222 g/mol. The second-order valence-electron chi connectivity index (χ2n) is 2.41. The second kappa shape index (κ2) is 4.34. The van der Waals surface area contributed by atoms with Crippen LogP contribution in [-0.4, -0.2) is 9.97 Å². The Kier molecular flexibility index (Phi) is 2.90. The molecule has 70 valence electrons. The normalized spacial score (nSPS) is 10.0. The Bertz CT molecular complexity index is 469. The van der Waals surface area contributed by atoms with E-state index in [1.54, 1.807) is 11.6 Å². The van der Waals surface area contributed by atoms with E-state index >= 15 is 0 Å². The number of pyridine rings is 1. The van der Waals surface area contributed by atoms with Gasteiger partial charge in [0.2, 0.25) is 0 Å². The highest BCUT2D eigenvalue weighted by Crippen LogP contribution is 2.25. The molecule has 0 aliphatic rings. The van der Waals surface area contributed by atoms with E-state index in [1.165, 1.54) is 29.2 Å². The van der Waals surface area contributed by atoms with E-state index in [-0.39, 0.29) is 5.56 Å². The van der Waals surface area contributed by atoms with Crippen molar-refractivity contribution in [2.45, 2.75) is 9.37 Å². The molecule has 0 unspecified atom stereocenters. The van der Waals surface area contributed by atoms with E-state index in [4.69, 9.17) is 0 Å². The van der Waals surface area contributed by atoms with Crippen molar-refractivity contribution in [3.8, 4) is 0 Å². The SMILES string of the molecule is O=c1ccsc(Sc2ccccn2)n1. The Morgan fingerprint density at radius 2 is 2.21 bits per heavy atom. The average molecular weight is 222 g/mol. The lowest BCUT2D eigenvalue weighted by Crippen LogP contribution is -2.01. The smallest absolute Gasteiger partial charge is 0.267 e. The van der Waals surface area contributed by atoms with Gasteiger partial charge in [0.1, 0.15) is 5.03 Å². The van der Waals surface area contributed by atoms with Gasteiger partial charge in [0.15, 0.2) is 4.34 Å². The van der Waals surface area contributed by atoms with Crippen molar-refractivity contribution in [3.05, 3.63) is 46.2 Å². The number of aromatic nitrogens is 2. The minimum Gasteiger partial charge on any atom is -0.267 e. The van der Waals surface area contributed by atoms with Crippen LogP contribution in [0.1, 0.15) is 0 Å². The molecule has 0 bridgehead atoms. The Hall–Kier alpha value is -1.20. The summed E-state index contributed by atoms with van der Waals surface area (Å²) in [6, 6.07) is 7.09. The zero-order chi connectivity index (χ0) is 9.80. The van der Waals surface area contributed by atoms with Crippen LogP contribution in [0, 0.1) is 0 Å². The van der Waals surface area contributed by atoms with Crippen molar-refractivity contribution < 1.29 is 0 Å². The zero-order valence-corrected chi connectivity index (χ0v) is 8.72. The van der Waals surface area contributed by atoms with Gasteiger partial charge in [0, 0.05) is 12.3 Å². The quantitative estimate of drug-likeness (QED) is 0.780. The first kappa shape index (κ1) is 9.36. The maximum Gasteiger partial charge on any atom is 0.272 e. The van der Waals surface area contributed by atoms with Crippen molar-refractivity contribution >= 4 is 23.1 Å². The summed E-state index contributed by atoms with van der Waals surface area (Å²) in [5, 5.41) is 2.59. The topological polar surface area (TPSA) is 42.9 Å². The maximum atomic E-state index is 10.9. The molecule has 0 aliphatic heterocycles. The van der Waals surface area contributed by atoms with Crippen LogP contribution in [0.2, 0.25) is 0 Å². The fraction of sp³-hybridized carbons (Fsp3) is 0. The number of nitrogens with zero attached hydrogens (tertiary/aromatic N) is 2. The molecule has 0 aliphatic carbocycles. The summed E-state index contributed by atoms with van der Waals surface area (Å²) in [7, 11) is 0. The van der Waals surface area contributed by atoms with Gasteiger partial charge in [-0.3, -0.25) is 4.79 Å². The van der Waals surface area contributed by atoms with Gasteiger partial charge >= 0.3 is 0 Å². The van der Waals surface area contributed by atoms with Crippen molar-refractivity contribution in [2.75, 3.05) is 0 Å². The molecule has 14 heavy (non-hydrogen) atoms. The highest BCUT2D eigenvalue weighted by molar-refractivity contribution is 8.00. The van der Waals surface area contributed by atoms with E-state index in [0.29, 0.717) is 0 Å². The largest absolute Gasteiger partial charge is 0.272 e. The molecule has 2 aromatic heterocycles.